The number of hydrogen-bond donors (Lipinski definition) is 2. The van der Waals surface area contributed by atoms with E-state index in [2.05, 4.69) is 5.32 Å². The first-order valence-electron chi connectivity index (χ1n) is 16.1. The molecule has 1 aromatic heterocycles. The van der Waals surface area contributed by atoms with E-state index >= 15 is 0 Å². The maximum Gasteiger partial charge on any atom is 0.336 e. The third kappa shape index (κ3) is 6.60. The van der Waals surface area contributed by atoms with Gasteiger partial charge in [0.05, 0.1) is 17.9 Å². The lowest BCUT2D eigenvalue weighted by atomic mass is 10.0. The molecular formula is C38H39N5O5. The van der Waals surface area contributed by atoms with E-state index in [1.54, 1.807) is 23.2 Å². The fraction of sp³-hybridized carbons (Fsp3) is 0.263. The van der Waals surface area contributed by atoms with Crippen molar-refractivity contribution in [3.8, 4) is 22.8 Å². The number of carboxylic acids is 1. The molecule has 4 aromatic carbocycles. The summed E-state index contributed by atoms with van der Waals surface area (Å²) in [5.74, 6) is -0.386. The fourth-order valence-electron chi connectivity index (χ4n) is 6.14. The lowest BCUT2D eigenvalue weighted by Gasteiger charge is -2.41. The number of ether oxygens (including phenoxy) is 1. The minimum atomic E-state index is -1.03. The van der Waals surface area contributed by atoms with Crippen molar-refractivity contribution in [3.63, 3.8) is 0 Å². The monoisotopic (exact) mass is 645 g/mol. The molecule has 2 heterocycles. The van der Waals surface area contributed by atoms with E-state index in [0.717, 1.165) is 22.2 Å². The van der Waals surface area contributed by atoms with Gasteiger partial charge in [0.25, 0.3) is 5.91 Å². The first-order valence-corrected chi connectivity index (χ1v) is 16.1. The predicted molar refractivity (Wildman–Crippen MR) is 186 cm³/mol. The summed E-state index contributed by atoms with van der Waals surface area (Å²) >= 11 is 0. The van der Waals surface area contributed by atoms with E-state index in [-0.39, 0.29) is 42.2 Å². The Hall–Kier alpha value is -5.64. The second kappa shape index (κ2) is 13.6. The van der Waals surface area contributed by atoms with Crippen molar-refractivity contribution in [2.45, 2.75) is 39.8 Å². The van der Waals surface area contributed by atoms with E-state index in [1.807, 2.05) is 110 Å². The number of aryl methyl sites for hydroxylation is 1. The van der Waals surface area contributed by atoms with Crippen molar-refractivity contribution in [1.29, 1.82) is 0 Å². The number of imidazole rings is 1. The summed E-state index contributed by atoms with van der Waals surface area (Å²) in [6.45, 7) is 9.02. The number of rotatable bonds is 9. The number of carbonyl (C=O) groups excluding carboxylic acids is 2. The zero-order chi connectivity index (χ0) is 33.9. The summed E-state index contributed by atoms with van der Waals surface area (Å²) in [5.41, 5.74) is 3.80. The van der Waals surface area contributed by atoms with Crippen LogP contribution in [-0.2, 0) is 4.79 Å². The number of fused-ring (bicyclic) bond motifs is 1. The predicted octanol–water partition coefficient (Wildman–Crippen LogP) is 5.95. The van der Waals surface area contributed by atoms with Gasteiger partial charge in [0, 0.05) is 49.2 Å². The van der Waals surface area contributed by atoms with Crippen LogP contribution in [0.25, 0.3) is 27.8 Å². The molecule has 10 heteroatoms. The van der Waals surface area contributed by atoms with Gasteiger partial charge in [-0.3, -0.25) is 14.2 Å². The number of carboxylic acid groups (broad SMARTS) is 1. The number of nitrogens with zero attached hydrogens (tertiary/aromatic N) is 4. The number of aromatic carboxylic acids is 1. The number of benzene rings is 4. The highest BCUT2D eigenvalue weighted by Crippen LogP contribution is 2.30. The topological polar surface area (TPSA) is 117 Å². The number of aromatic nitrogens is 2. The first-order chi connectivity index (χ1) is 23.1. The number of nitrogens with one attached hydrogen (secondary N) is 1. The van der Waals surface area contributed by atoms with E-state index in [4.69, 9.17) is 9.72 Å². The molecule has 1 aliphatic heterocycles. The maximum absolute atomic E-state index is 14.4. The van der Waals surface area contributed by atoms with Gasteiger partial charge in [0.15, 0.2) is 0 Å². The molecule has 48 heavy (non-hydrogen) atoms. The van der Waals surface area contributed by atoms with Crippen LogP contribution in [0.2, 0.25) is 0 Å². The smallest absolute Gasteiger partial charge is 0.336 e. The Morgan fingerprint density at radius 2 is 1.73 bits per heavy atom. The normalized spacial score (nSPS) is 14.7. The quantitative estimate of drug-likeness (QED) is 0.203. The largest absolute Gasteiger partial charge is 0.494 e. The minimum absolute atomic E-state index is 0.144. The third-order valence-electron chi connectivity index (χ3n) is 8.46. The summed E-state index contributed by atoms with van der Waals surface area (Å²) < 4.78 is 7.63. The Morgan fingerprint density at radius 1 is 0.958 bits per heavy atom. The number of anilines is 1. The zero-order valence-electron chi connectivity index (χ0n) is 27.5. The highest BCUT2D eigenvalue weighted by molar-refractivity contribution is 6.05. The van der Waals surface area contributed by atoms with Gasteiger partial charge in [-0.25, -0.2) is 9.78 Å². The average Bonchev–Trinajstić information content (AvgIpc) is 3.53. The van der Waals surface area contributed by atoms with Crippen LogP contribution in [0.5, 0.6) is 5.75 Å². The van der Waals surface area contributed by atoms with E-state index in [9.17, 15) is 19.5 Å². The third-order valence-corrected chi connectivity index (χ3v) is 8.46. The molecule has 0 aliphatic carbocycles. The van der Waals surface area contributed by atoms with Gasteiger partial charge in [0.1, 0.15) is 23.3 Å². The summed E-state index contributed by atoms with van der Waals surface area (Å²) in [4.78, 5) is 48.7. The second-order valence-electron chi connectivity index (χ2n) is 12.3. The van der Waals surface area contributed by atoms with E-state index < -0.39 is 12.0 Å². The molecule has 0 unspecified atom stereocenters. The molecule has 0 bridgehead atoms. The van der Waals surface area contributed by atoms with Crippen LogP contribution in [-0.4, -0.2) is 75.7 Å². The Balaban J connectivity index is 1.37. The van der Waals surface area contributed by atoms with Gasteiger partial charge in [-0.15, -0.1) is 0 Å². The molecule has 246 valence electrons. The Bertz CT molecular complexity index is 1980. The van der Waals surface area contributed by atoms with Gasteiger partial charge in [-0.05, 0) is 62.7 Å². The van der Waals surface area contributed by atoms with Gasteiger partial charge in [-0.1, -0.05) is 60.2 Å². The fourth-order valence-corrected chi connectivity index (χ4v) is 6.14. The van der Waals surface area contributed by atoms with Crippen LogP contribution in [0.15, 0.2) is 91.1 Å². The second-order valence-corrected chi connectivity index (χ2v) is 12.3. The number of piperazine rings is 1. The van der Waals surface area contributed by atoms with Crippen molar-refractivity contribution in [1.82, 2.24) is 19.8 Å². The SMILES string of the molecule is CCOc1cccc(-n2cc(C(=O)N3CCN(c4cc(C(=O)O)c5ccccc5c4)C[C@@H]3C(=O)NC(C)C)nc2-c2ccc(C)cc2)c1. The summed E-state index contributed by atoms with van der Waals surface area (Å²) in [6.07, 6.45) is 1.72. The average molecular weight is 646 g/mol. The van der Waals surface area contributed by atoms with Gasteiger partial charge < -0.3 is 25.0 Å². The maximum atomic E-state index is 14.4. The molecular weight excluding hydrogens is 606 g/mol. The summed E-state index contributed by atoms with van der Waals surface area (Å²) in [6, 6.07) is 25.5. The summed E-state index contributed by atoms with van der Waals surface area (Å²) in [5, 5.41) is 14.4. The number of hydrogen-bond acceptors (Lipinski definition) is 6. The standard InChI is InChI=1S/C38H39N5O5/c1-5-48-30-11-8-10-28(20-30)43-22-33(40-35(43)26-15-13-25(4)14-16-26)37(45)42-18-17-41(23-34(42)36(44)39-24(2)3)29-19-27-9-6-7-12-31(27)32(21-29)38(46)47/h6-16,19-22,24,34H,5,17-18,23H2,1-4H3,(H,39,44)(H,46,47)/t34-/m1/s1. The van der Waals surface area contributed by atoms with Gasteiger partial charge in [0.2, 0.25) is 5.91 Å². The van der Waals surface area contributed by atoms with Crippen molar-refractivity contribution in [2.24, 2.45) is 0 Å². The number of carbonyl (C=O) groups is 3. The molecule has 10 nitrogen and oxygen atoms in total. The molecule has 1 saturated heterocycles. The summed E-state index contributed by atoms with van der Waals surface area (Å²) in [7, 11) is 0. The molecule has 1 aliphatic rings. The van der Waals surface area contributed by atoms with Crippen molar-refractivity contribution in [2.75, 3.05) is 31.1 Å². The molecule has 0 saturated carbocycles. The van der Waals surface area contributed by atoms with Crippen LogP contribution in [0, 0.1) is 6.92 Å². The van der Waals surface area contributed by atoms with E-state index in [0.29, 0.717) is 35.8 Å². The van der Waals surface area contributed by atoms with Crippen molar-refractivity contribution >= 4 is 34.2 Å². The Morgan fingerprint density at radius 3 is 2.46 bits per heavy atom. The lowest BCUT2D eigenvalue weighted by Crippen LogP contribution is -2.61. The van der Waals surface area contributed by atoms with Gasteiger partial charge in [-0.2, -0.15) is 0 Å². The molecule has 0 spiro atoms. The minimum Gasteiger partial charge on any atom is -0.494 e. The van der Waals surface area contributed by atoms with E-state index in [1.165, 1.54) is 0 Å². The van der Waals surface area contributed by atoms with Crippen LogP contribution in [0.1, 0.15) is 47.2 Å². The molecule has 2 amide bonds. The molecule has 2 N–H and O–H groups in total. The molecule has 6 rings (SSSR count). The Kier molecular flexibility index (Phi) is 9.16. The molecule has 5 aromatic rings. The highest BCUT2D eigenvalue weighted by atomic mass is 16.5. The lowest BCUT2D eigenvalue weighted by molar-refractivity contribution is -0.126. The molecule has 0 radical (unpaired) electrons. The van der Waals surface area contributed by atoms with Gasteiger partial charge >= 0.3 is 5.97 Å². The van der Waals surface area contributed by atoms with Crippen LogP contribution in [0.4, 0.5) is 5.69 Å². The van der Waals surface area contributed by atoms with Crippen molar-refractivity contribution < 1.29 is 24.2 Å². The zero-order valence-corrected chi connectivity index (χ0v) is 27.5. The van der Waals surface area contributed by atoms with Crippen LogP contribution < -0.4 is 15.0 Å². The molecule has 1 atom stereocenters. The Labute approximate surface area is 279 Å². The van der Waals surface area contributed by atoms with Crippen molar-refractivity contribution in [3.05, 3.63) is 108 Å². The highest BCUT2D eigenvalue weighted by Gasteiger charge is 2.37. The first kappa shape index (κ1) is 32.3. The van der Waals surface area contributed by atoms with Crippen LogP contribution >= 0.6 is 0 Å². The van der Waals surface area contributed by atoms with Crippen LogP contribution in [0.3, 0.4) is 0 Å². The molecule has 1 fully saturated rings. The number of amides is 2.